The van der Waals surface area contributed by atoms with Gasteiger partial charge in [-0.2, -0.15) is 5.10 Å². The van der Waals surface area contributed by atoms with Gasteiger partial charge in [0.15, 0.2) is 0 Å². The van der Waals surface area contributed by atoms with Crippen molar-refractivity contribution >= 4 is 37.5 Å². The molecule has 0 spiro atoms. The highest BCUT2D eigenvalue weighted by molar-refractivity contribution is 9.10. The zero-order valence-electron chi connectivity index (χ0n) is 10.7. The van der Waals surface area contributed by atoms with Gasteiger partial charge in [0.05, 0.1) is 17.6 Å². The summed E-state index contributed by atoms with van der Waals surface area (Å²) in [6, 6.07) is 12.3. The van der Waals surface area contributed by atoms with Crippen LogP contribution in [0.25, 0.3) is 16.9 Å². The average molecular weight is 411 g/mol. The summed E-state index contributed by atoms with van der Waals surface area (Å²) in [5, 5.41) is 4.41. The monoisotopic (exact) mass is 409 g/mol. The zero-order valence-corrected chi connectivity index (χ0v) is 13.9. The third kappa shape index (κ3) is 2.73. The van der Waals surface area contributed by atoms with E-state index in [-0.39, 0.29) is 5.82 Å². The minimum Gasteiger partial charge on any atom is -0.396 e. The lowest BCUT2D eigenvalue weighted by Gasteiger charge is -2.04. The van der Waals surface area contributed by atoms with Crippen LogP contribution in [0.15, 0.2) is 57.6 Å². The Hall–Kier alpha value is -1.66. The van der Waals surface area contributed by atoms with Gasteiger partial charge in [0.1, 0.15) is 11.5 Å². The molecular weight excluding hydrogens is 401 g/mol. The predicted molar refractivity (Wildman–Crippen MR) is 88.8 cm³/mol. The van der Waals surface area contributed by atoms with Crippen molar-refractivity contribution in [1.82, 2.24) is 9.78 Å². The quantitative estimate of drug-likeness (QED) is 0.660. The highest BCUT2D eigenvalue weighted by atomic mass is 79.9. The zero-order chi connectivity index (χ0) is 15.0. The van der Waals surface area contributed by atoms with Crippen LogP contribution in [0, 0.1) is 5.82 Å². The maximum Gasteiger partial charge on any atom is 0.132 e. The average Bonchev–Trinajstić information content (AvgIpc) is 2.84. The van der Waals surface area contributed by atoms with E-state index in [2.05, 4.69) is 37.0 Å². The maximum absolute atomic E-state index is 14.0. The van der Waals surface area contributed by atoms with E-state index in [0.29, 0.717) is 16.9 Å². The Morgan fingerprint density at radius 1 is 1.10 bits per heavy atom. The summed E-state index contributed by atoms with van der Waals surface area (Å²) in [5.41, 5.74) is 8.05. The largest absolute Gasteiger partial charge is 0.396 e. The first-order chi connectivity index (χ1) is 10.1. The number of hydrogen-bond acceptors (Lipinski definition) is 2. The minimum absolute atomic E-state index is 0.359. The number of para-hydroxylation sites is 1. The third-order valence-corrected chi connectivity index (χ3v) is 4.19. The lowest BCUT2D eigenvalue weighted by atomic mass is 10.1. The number of nitrogen functional groups attached to an aromatic ring is 1. The van der Waals surface area contributed by atoms with Crippen LogP contribution >= 0.6 is 31.9 Å². The van der Waals surface area contributed by atoms with Crippen molar-refractivity contribution in [3.8, 4) is 16.9 Å². The minimum atomic E-state index is -0.359. The van der Waals surface area contributed by atoms with Gasteiger partial charge in [-0.1, -0.05) is 28.1 Å². The maximum atomic E-state index is 14.0. The van der Waals surface area contributed by atoms with Gasteiger partial charge in [0.2, 0.25) is 0 Å². The standard InChI is InChI=1S/C15H10Br2FN3/c16-9-5-6-12(18)10(7-9)15-13(19)8-21(20-15)14-4-2-1-3-11(14)17/h1-8H,19H2. The Bertz CT molecular complexity index is 814. The molecule has 0 radical (unpaired) electrons. The van der Waals surface area contributed by atoms with Gasteiger partial charge in [-0.05, 0) is 46.3 Å². The second kappa shape index (κ2) is 5.61. The first kappa shape index (κ1) is 14.3. The summed E-state index contributed by atoms with van der Waals surface area (Å²) >= 11 is 6.80. The molecule has 2 aromatic carbocycles. The highest BCUT2D eigenvalue weighted by Gasteiger charge is 2.15. The molecule has 0 aliphatic heterocycles. The Morgan fingerprint density at radius 2 is 1.86 bits per heavy atom. The van der Waals surface area contributed by atoms with Crippen LogP contribution in [0.4, 0.5) is 10.1 Å². The van der Waals surface area contributed by atoms with Crippen molar-refractivity contribution in [2.75, 3.05) is 5.73 Å². The third-order valence-electron chi connectivity index (χ3n) is 3.03. The second-order valence-electron chi connectivity index (χ2n) is 4.45. The summed E-state index contributed by atoms with van der Waals surface area (Å²) in [6.07, 6.45) is 1.68. The topological polar surface area (TPSA) is 43.8 Å². The number of hydrogen-bond donors (Lipinski definition) is 1. The van der Waals surface area contributed by atoms with Crippen LogP contribution in [0.2, 0.25) is 0 Å². The molecule has 0 aliphatic carbocycles. The van der Waals surface area contributed by atoms with E-state index < -0.39 is 0 Å². The van der Waals surface area contributed by atoms with Crippen LogP contribution in [0.3, 0.4) is 0 Å². The number of benzene rings is 2. The highest BCUT2D eigenvalue weighted by Crippen LogP contribution is 2.31. The van der Waals surface area contributed by atoms with Crippen molar-refractivity contribution in [2.24, 2.45) is 0 Å². The van der Waals surface area contributed by atoms with Gasteiger partial charge >= 0.3 is 0 Å². The normalized spacial score (nSPS) is 10.8. The van der Waals surface area contributed by atoms with Crippen LogP contribution in [-0.2, 0) is 0 Å². The van der Waals surface area contributed by atoms with Gasteiger partial charge in [-0.25, -0.2) is 9.07 Å². The number of nitrogens with zero attached hydrogens (tertiary/aromatic N) is 2. The van der Waals surface area contributed by atoms with E-state index in [1.807, 2.05) is 24.3 Å². The van der Waals surface area contributed by atoms with Gasteiger partial charge < -0.3 is 5.73 Å². The molecule has 0 saturated heterocycles. The van der Waals surface area contributed by atoms with E-state index in [1.165, 1.54) is 6.07 Å². The molecule has 0 saturated carbocycles. The molecule has 1 aromatic heterocycles. The smallest absolute Gasteiger partial charge is 0.132 e. The predicted octanol–water partition coefficient (Wildman–Crippen LogP) is 4.79. The second-order valence-corrected chi connectivity index (χ2v) is 6.22. The number of aromatic nitrogens is 2. The molecule has 3 aromatic rings. The molecule has 2 N–H and O–H groups in total. The molecule has 3 rings (SSSR count). The number of rotatable bonds is 2. The molecular formula is C15H10Br2FN3. The first-order valence-corrected chi connectivity index (χ1v) is 7.70. The first-order valence-electron chi connectivity index (χ1n) is 6.12. The van der Waals surface area contributed by atoms with Crippen LogP contribution in [-0.4, -0.2) is 9.78 Å². The Kier molecular flexibility index (Phi) is 3.82. The molecule has 6 heteroatoms. The van der Waals surface area contributed by atoms with E-state index >= 15 is 0 Å². The molecule has 1 heterocycles. The summed E-state index contributed by atoms with van der Waals surface area (Å²) in [4.78, 5) is 0. The summed E-state index contributed by atoms with van der Waals surface area (Å²) in [5.74, 6) is -0.359. The van der Waals surface area contributed by atoms with E-state index in [4.69, 9.17) is 5.73 Å². The Morgan fingerprint density at radius 3 is 2.62 bits per heavy atom. The molecule has 3 nitrogen and oxygen atoms in total. The van der Waals surface area contributed by atoms with Crippen molar-refractivity contribution in [3.05, 3.63) is 63.4 Å². The fourth-order valence-electron chi connectivity index (χ4n) is 2.04. The summed E-state index contributed by atoms with van der Waals surface area (Å²) in [6.45, 7) is 0. The molecule has 0 atom stereocenters. The van der Waals surface area contributed by atoms with Crippen LogP contribution in [0.5, 0.6) is 0 Å². The van der Waals surface area contributed by atoms with Gasteiger partial charge in [-0.3, -0.25) is 0 Å². The fraction of sp³-hybridized carbons (Fsp3) is 0. The van der Waals surface area contributed by atoms with Crippen molar-refractivity contribution in [2.45, 2.75) is 0 Å². The molecule has 0 unspecified atom stereocenters. The van der Waals surface area contributed by atoms with E-state index in [1.54, 1.807) is 23.0 Å². The van der Waals surface area contributed by atoms with Crippen molar-refractivity contribution in [3.63, 3.8) is 0 Å². The fourth-order valence-corrected chi connectivity index (χ4v) is 2.86. The van der Waals surface area contributed by atoms with E-state index in [9.17, 15) is 4.39 Å². The molecule has 0 amide bonds. The lowest BCUT2D eigenvalue weighted by molar-refractivity contribution is 0.630. The Labute approximate surface area is 137 Å². The lowest BCUT2D eigenvalue weighted by Crippen LogP contribution is -1.96. The Balaban J connectivity index is 2.15. The molecule has 0 bridgehead atoms. The number of halogens is 3. The van der Waals surface area contributed by atoms with Crippen LogP contribution < -0.4 is 5.73 Å². The summed E-state index contributed by atoms with van der Waals surface area (Å²) < 4.78 is 17.3. The molecule has 0 fully saturated rings. The van der Waals surface area contributed by atoms with Gasteiger partial charge in [0, 0.05) is 14.5 Å². The molecule has 106 valence electrons. The molecule has 0 aliphatic rings. The summed E-state index contributed by atoms with van der Waals surface area (Å²) in [7, 11) is 0. The van der Waals surface area contributed by atoms with Crippen LogP contribution in [0.1, 0.15) is 0 Å². The van der Waals surface area contributed by atoms with E-state index in [0.717, 1.165) is 14.6 Å². The van der Waals surface area contributed by atoms with Crippen molar-refractivity contribution < 1.29 is 4.39 Å². The van der Waals surface area contributed by atoms with Crippen molar-refractivity contribution in [1.29, 1.82) is 0 Å². The molecule has 21 heavy (non-hydrogen) atoms. The van der Waals surface area contributed by atoms with Gasteiger partial charge in [0.25, 0.3) is 0 Å². The van der Waals surface area contributed by atoms with Gasteiger partial charge in [-0.15, -0.1) is 0 Å². The number of nitrogens with two attached hydrogens (primary N) is 1. The SMILES string of the molecule is Nc1cn(-c2ccccc2Br)nc1-c1cc(Br)ccc1F. The number of anilines is 1.